The topological polar surface area (TPSA) is 102 Å². The van der Waals surface area contributed by atoms with Crippen LogP contribution < -0.4 is 9.46 Å². The summed E-state index contributed by atoms with van der Waals surface area (Å²) in [5.41, 5.74) is 0.760. The van der Waals surface area contributed by atoms with Gasteiger partial charge in [-0.25, -0.2) is 21.6 Å². The van der Waals surface area contributed by atoms with Crippen molar-refractivity contribution in [3.63, 3.8) is 0 Å². The van der Waals surface area contributed by atoms with E-state index in [2.05, 4.69) is 4.72 Å². The molecule has 10 heteroatoms. The molecule has 0 aliphatic carbocycles. The summed E-state index contributed by atoms with van der Waals surface area (Å²) in [7, 11) is -6.06. The zero-order valence-corrected chi connectivity index (χ0v) is 16.2. The van der Waals surface area contributed by atoms with Gasteiger partial charge in [0, 0.05) is 19.1 Å². The van der Waals surface area contributed by atoms with Gasteiger partial charge >= 0.3 is 0 Å². The number of hydrogen-bond acceptors (Lipinski definition) is 6. The van der Waals surface area contributed by atoms with Crippen LogP contribution in [-0.2, 0) is 24.8 Å². The number of nitrogens with zero attached hydrogens (tertiary/aromatic N) is 1. The first-order chi connectivity index (χ1) is 11.7. The summed E-state index contributed by atoms with van der Waals surface area (Å²) in [5, 5.41) is 0. The number of sulfonamides is 2. The van der Waals surface area contributed by atoms with Crippen molar-refractivity contribution < 1.29 is 26.3 Å². The average Bonchev–Trinajstić information content (AvgIpc) is 2.54. The van der Waals surface area contributed by atoms with Crippen LogP contribution in [0.1, 0.15) is 12.5 Å². The highest BCUT2D eigenvalue weighted by Crippen LogP contribution is 2.24. The number of methoxy groups -OCH3 is 1. The molecule has 0 radical (unpaired) electrons. The minimum atomic E-state index is -3.87. The lowest BCUT2D eigenvalue weighted by Gasteiger charge is -2.32. The molecular formula is C15H24N2O6S2. The minimum Gasteiger partial charge on any atom is -0.495 e. The maximum atomic E-state index is 12.5. The molecule has 1 saturated heterocycles. The summed E-state index contributed by atoms with van der Waals surface area (Å²) in [6.45, 7) is 4.27. The first-order valence-electron chi connectivity index (χ1n) is 7.89. The predicted octanol–water partition coefficient (Wildman–Crippen LogP) is 0.332. The maximum Gasteiger partial charge on any atom is 0.244 e. The molecule has 1 atom stereocenters. The second kappa shape index (κ2) is 8.00. The monoisotopic (exact) mass is 392 g/mol. The maximum absolute atomic E-state index is 12.5. The van der Waals surface area contributed by atoms with Crippen molar-refractivity contribution in [2.24, 2.45) is 0 Å². The van der Waals surface area contributed by atoms with Crippen LogP contribution in [-0.4, -0.2) is 66.3 Å². The Kier molecular flexibility index (Phi) is 6.44. The van der Waals surface area contributed by atoms with Crippen LogP contribution in [0.2, 0.25) is 0 Å². The molecule has 1 aliphatic heterocycles. The van der Waals surface area contributed by atoms with Gasteiger partial charge < -0.3 is 9.47 Å². The van der Waals surface area contributed by atoms with Crippen LogP contribution in [0.4, 0.5) is 0 Å². The number of nitrogens with one attached hydrogen (secondary N) is 1. The van der Waals surface area contributed by atoms with Gasteiger partial charge in [-0.1, -0.05) is 6.07 Å². The Morgan fingerprint density at radius 2 is 2.04 bits per heavy atom. The van der Waals surface area contributed by atoms with Crippen molar-refractivity contribution in [3.8, 4) is 5.75 Å². The average molecular weight is 392 g/mol. The zero-order valence-electron chi connectivity index (χ0n) is 14.6. The Hall–Kier alpha value is -1.20. The smallest absolute Gasteiger partial charge is 0.244 e. The standard InChI is InChI=1S/C15H24N2O6S2/c1-12-4-5-14(22-3)15(10-12)25(20,21)16-6-9-24(18,19)17-7-8-23-11-13(17)2/h4-5,10,13,16H,6-9,11H2,1-3H3. The molecule has 1 N–H and O–H groups in total. The molecule has 1 heterocycles. The van der Waals surface area contributed by atoms with Gasteiger partial charge in [0.2, 0.25) is 20.0 Å². The summed E-state index contributed by atoms with van der Waals surface area (Å²) in [6.07, 6.45) is 0. The lowest BCUT2D eigenvalue weighted by molar-refractivity contribution is 0.0393. The molecule has 1 aromatic carbocycles. The van der Waals surface area contributed by atoms with Gasteiger partial charge in [-0.05, 0) is 31.5 Å². The highest BCUT2D eigenvalue weighted by atomic mass is 32.2. The molecule has 0 bridgehead atoms. The van der Waals surface area contributed by atoms with Crippen LogP contribution in [0, 0.1) is 6.92 Å². The molecule has 1 aromatic rings. The molecular weight excluding hydrogens is 368 g/mol. The highest BCUT2D eigenvalue weighted by Gasteiger charge is 2.30. The third-order valence-electron chi connectivity index (χ3n) is 3.92. The SMILES string of the molecule is COc1ccc(C)cc1S(=O)(=O)NCCS(=O)(=O)N1CCOCC1C. The van der Waals surface area contributed by atoms with Crippen LogP contribution >= 0.6 is 0 Å². The number of aryl methyl sites for hydroxylation is 1. The molecule has 0 amide bonds. The van der Waals surface area contributed by atoms with Gasteiger partial charge in [-0.15, -0.1) is 0 Å². The Labute approximate surface area is 149 Å². The first kappa shape index (κ1) is 20.1. The largest absolute Gasteiger partial charge is 0.495 e. The fraction of sp³-hybridized carbons (Fsp3) is 0.600. The highest BCUT2D eigenvalue weighted by molar-refractivity contribution is 7.90. The zero-order chi connectivity index (χ0) is 18.7. The van der Waals surface area contributed by atoms with E-state index >= 15 is 0 Å². The number of rotatable bonds is 7. The Bertz CT molecular complexity index is 807. The summed E-state index contributed by atoms with van der Waals surface area (Å²) in [6, 6.07) is 4.53. The van der Waals surface area contributed by atoms with Crippen LogP contribution in [0.5, 0.6) is 5.75 Å². The molecule has 8 nitrogen and oxygen atoms in total. The fourth-order valence-corrected chi connectivity index (χ4v) is 5.59. The van der Waals surface area contributed by atoms with Gasteiger partial charge in [0.25, 0.3) is 0 Å². The van der Waals surface area contributed by atoms with E-state index < -0.39 is 20.0 Å². The number of morpholine rings is 1. The Morgan fingerprint density at radius 3 is 2.68 bits per heavy atom. The Balaban J connectivity index is 2.06. The van der Waals surface area contributed by atoms with Crippen LogP contribution in [0.3, 0.4) is 0 Å². The van der Waals surface area contributed by atoms with Crippen molar-refractivity contribution >= 4 is 20.0 Å². The second-order valence-corrected chi connectivity index (χ2v) is 9.68. The van der Waals surface area contributed by atoms with Crippen molar-refractivity contribution in [3.05, 3.63) is 23.8 Å². The van der Waals surface area contributed by atoms with Gasteiger partial charge in [0.1, 0.15) is 10.6 Å². The normalized spacial score (nSPS) is 19.7. The van der Waals surface area contributed by atoms with E-state index in [9.17, 15) is 16.8 Å². The quantitative estimate of drug-likeness (QED) is 0.718. The lowest BCUT2D eigenvalue weighted by Crippen LogP contribution is -2.49. The van der Waals surface area contributed by atoms with Gasteiger partial charge in [0.15, 0.2) is 0 Å². The van der Waals surface area contributed by atoms with E-state index in [0.29, 0.717) is 13.2 Å². The molecule has 0 spiro atoms. The second-order valence-electron chi connectivity index (χ2n) is 5.90. The summed E-state index contributed by atoms with van der Waals surface area (Å²) in [4.78, 5) is -0.00728. The fourth-order valence-electron chi connectivity index (χ4n) is 2.62. The summed E-state index contributed by atoms with van der Waals surface area (Å²) >= 11 is 0. The summed E-state index contributed by atoms with van der Waals surface area (Å²) in [5.74, 6) is -0.104. The van der Waals surface area contributed by atoms with Crippen molar-refractivity contribution in [1.82, 2.24) is 9.03 Å². The molecule has 1 fully saturated rings. The van der Waals surface area contributed by atoms with E-state index in [-0.39, 0.29) is 35.5 Å². The predicted molar refractivity (Wildman–Crippen MR) is 93.7 cm³/mol. The molecule has 1 unspecified atom stereocenters. The molecule has 25 heavy (non-hydrogen) atoms. The first-order valence-corrected chi connectivity index (χ1v) is 11.0. The third kappa shape index (κ3) is 4.91. The van der Waals surface area contributed by atoms with E-state index in [4.69, 9.17) is 9.47 Å². The van der Waals surface area contributed by atoms with E-state index in [0.717, 1.165) is 5.56 Å². The number of benzene rings is 1. The molecule has 1 aliphatic rings. The van der Waals surface area contributed by atoms with Crippen molar-refractivity contribution in [2.45, 2.75) is 24.8 Å². The molecule has 142 valence electrons. The van der Waals surface area contributed by atoms with Gasteiger partial charge in [0.05, 0.1) is 26.1 Å². The Morgan fingerprint density at radius 1 is 1.32 bits per heavy atom. The third-order valence-corrected chi connectivity index (χ3v) is 7.38. The van der Waals surface area contributed by atoms with E-state index in [1.54, 1.807) is 26.0 Å². The van der Waals surface area contributed by atoms with E-state index in [1.807, 2.05) is 0 Å². The summed E-state index contributed by atoms with van der Waals surface area (Å²) < 4.78 is 63.8. The minimum absolute atomic E-state index is 0.00728. The number of hydrogen-bond donors (Lipinski definition) is 1. The van der Waals surface area contributed by atoms with Crippen molar-refractivity contribution in [2.75, 3.05) is 39.2 Å². The van der Waals surface area contributed by atoms with E-state index in [1.165, 1.54) is 17.5 Å². The lowest BCUT2D eigenvalue weighted by atomic mass is 10.2. The molecule has 0 saturated carbocycles. The van der Waals surface area contributed by atoms with Crippen molar-refractivity contribution in [1.29, 1.82) is 0 Å². The molecule has 2 rings (SSSR count). The number of ether oxygens (including phenoxy) is 2. The van der Waals surface area contributed by atoms with Crippen LogP contribution in [0.15, 0.2) is 23.1 Å². The molecule has 0 aromatic heterocycles. The van der Waals surface area contributed by atoms with Gasteiger partial charge in [-0.3, -0.25) is 0 Å². The van der Waals surface area contributed by atoms with Crippen LogP contribution in [0.25, 0.3) is 0 Å². The van der Waals surface area contributed by atoms with Gasteiger partial charge in [-0.2, -0.15) is 4.31 Å².